The Kier molecular flexibility index (Phi) is 4.36. The highest BCUT2D eigenvalue weighted by atomic mass is 16.6. The molecule has 4 rings (SSSR count). The van der Waals surface area contributed by atoms with E-state index in [2.05, 4.69) is 0 Å². The Labute approximate surface area is 157 Å². The van der Waals surface area contributed by atoms with Crippen LogP contribution < -0.4 is 14.2 Å². The van der Waals surface area contributed by atoms with Crippen molar-refractivity contribution in [3.05, 3.63) is 65.7 Å². The van der Waals surface area contributed by atoms with E-state index in [-0.39, 0.29) is 5.92 Å². The van der Waals surface area contributed by atoms with Crippen LogP contribution in [0.4, 0.5) is 0 Å². The lowest BCUT2D eigenvalue weighted by Crippen LogP contribution is -2.30. The first-order chi connectivity index (χ1) is 13.2. The molecule has 0 bridgehead atoms. The zero-order valence-corrected chi connectivity index (χ0v) is 15.4. The minimum absolute atomic E-state index is 0.283. The maximum Gasteiger partial charge on any atom is 0.348 e. The number of esters is 1. The van der Waals surface area contributed by atoms with E-state index in [1.165, 1.54) is 7.11 Å². The Morgan fingerprint density at radius 1 is 0.889 bits per heavy atom. The van der Waals surface area contributed by atoms with Crippen LogP contribution in [0, 0.1) is 0 Å². The van der Waals surface area contributed by atoms with E-state index in [1.54, 1.807) is 14.2 Å². The minimum Gasteiger partial charge on any atom is -0.497 e. The summed E-state index contributed by atoms with van der Waals surface area (Å²) in [5, 5.41) is 2.06. The van der Waals surface area contributed by atoms with Gasteiger partial charge in [-0.25, -0.2) is 4.79 Å². The second-order valence-corrected chi connectivity index (χ2v) is 6.38. The average Bonchev–Trinajstić information content (AvgIpc) is 3.12. The molecular formula is C22H20O5. The molecular weight excluding hydrogens is 344 g/mol. The maximum atomic E-state index is 12.5. The lowest BCUT2D eigenvalue weighted by Gasteiger charge is -2.18. The Balaban J connectivity index is 1.93. The number of fused-ring (bicyclic) bond motifs is 3. The Bertz CT molecular complexity index is 994. The first-order valence-electron chi connectivity index (χ1n) is 8.65. The number of carbonyl (C=O) groups is 1. The largest absolute Gasteiger partial charge is 0.497 e. The van der Waals surface area contributed by atoms with Gasteiger partial charge < -0.3 is 18.9 Å². The van der Waals surface area contributed by atoms with E-state index in [0.717, 1.165) is 33.4 Å². The van der Waals surface area contributed by atoms with Gasteiger partial charge in [0.15, 0.2) is 0 Å². The molecule has 0 amide bonds. The molecule has 5 nitrogen and oxygen atoms in total. The Morgan fingerprint density at radius 2 is 1.56 bits per heavy atom. The summed E-state index contributed by atoms with van der Waals surface area (Å²) < 4.78 is 21.7. The van der Waals surface area contributed by atoms with E-state index in [9.17, 15) is 4.79 Å². The summed E-state index contributed by atoms with van der Waals surface area (Å²) in [6.07, 6.45) is -0.741. The standard InChI is InChI=1S/C22H20O5/c1-24-15-8-5-14(6-9-15)19-20-17-12-16(25-2)10-4-13(17)7-11-18(20)27-21(19)22(23)26-3/h4-12,19,21H,1-3H3. The van der Waals surface area contributed by atoms with Gasteiger partial charge in [0.2, 0.25) is 6.10 Å². The monoisotopic (exact) mass is 364 g/mol. The number of rotatable bonds is 4. The highest BCUT2D eigenvalue weighted by Gasteiger charge is 2.42. The number of hydrogen-bond donors (Lipinski definition) is 0. The van der Waals surface area contributed by atoms with Crippen LogP contribution in [0.1, 0.15) is 17.0 Å². The van der Waals surface area contributed by atoms with Gasteiger partial charge in [0.05, 0.1) is 27.2 Å². The quantitative estimate of drug-likeness (QED) is 0.657. The summed E-state index contributed by atoms with van der Waals surface area (Å²) in [7, 11) is 4.64. The molecule has 1 aliphatic rings. The molecule has 0 fully saturated rings. The molecule has 2 unspecified atom stereocenters. The van der Waals surface area contributed by atoms with Gasteiger partial charge in [0.25, 0.3) is 0 Å². The van der Waals surface area contributed by atoms with Crippen LogP contribution in [0.5, 0.6) is 17.2 Å². The second-order valence-electron chi connectivity index (χ2n) is 6.38. The van der Waals surface area contributed by atoms with Crippen molar-refractivity contribution in [3.63, 3.8) is 0 Å². The van der Waals surface area contributed by atoms with Crippen LogP contribution in [0.25, 0.3) is 10.8 Å². The third kappa shape index (κ3) is 2.85. The molecule has 5 heteroatoms. The molecule has 0 radical (unpaired) electrons. The molecule has 2 atom stereocenters. The smallest absolute Gasteiger partial charge is 0.348 e. The zero-order valence-electron chi connectivity index (χ0n) is 15.4. The SMILES string of the molecule is COC(=O)C1Oc2ccc3ccc(OC)cc3c2C1c1ccc(OC)cc1. The van der Waals surface area contributed by atoms with Crippen LogP contribution >= 0.6 is 0 Å². The summed E-state index contributed by atoms with van der Waals surface area (Å²) in [6.45, 7) is 0. The van der Waals surface area contributed by atoms with Crippen molar-refractivity contribution < 1.29 is 23.7 Å². The van der Waals surface area contributed by atoms with Crippen molar-refractivity contribution in [1.29, 1.82) is 0 Å². The predicted molar refractivity (Wildman–Crippen MR) is 102 cm³/mol. The minimum atomic E-state index is -0.741. The fraction of sp³-hybridized carbons (Fsp3) is 0.227. The van der Waals surface area contributed by atoms with E-state index in [1.807, 2.05) is 54.6 Å². The van der Waals surface area contributed by atoms with Gasteiger partial charge in [0.1, 0.15) is 17.2 Å². The van der Waals surface area contributed by atoms with Crippen LogP contribution in [0.3, 0.4) is 0 Å². The van der Waals surface area contributed by atoms with Crippen molar-refractivity contribution in [2.75, 3.05) is 21.3 Å². The van der Waals surface area contributed by atoms with Crippen molar-refractivity contribution in [1.82, 2.24) is 0 Å². The molecule has 0 aliphatic carbocycles. The number of benzene rings is 3. The van der Waals surface area contributed by atoms with E-state index in [4.69, 9.17) is 18.9 Å². The fourth-order valence-electron chi connectivity index (χ4n) is 3.66. The Hall–Kier alpha value is -3.21. The fourth-order valence-corrected chi connectivity index (χ4v) is 3.66. The lowest BCUT2D eigenvalue weighted by molar-refractivity contribution is -0.148. The maximum absolute atomic E-state index is 12.5. The summed E-state index contributed by atoms with van der Waals surface area (Å²) in [5.74, 6) is 1.52. The van der Waals surface area contributed by atoms with Crippen LogP contribution in [0.2, 0.25) is 0 Å². The number of hydrogen-bond acceptors (Lipinski definition) is 5. The van der Waals surface area contributed by atoms with Crippen molar-refractivity contribution in [2.24, 2.45) is 0 Å². The normalized spacial score (nSPS) is 17.9. The molecule has 1 heterocycles. The molecule has 1 aliphatic heterocycles. The zero-order chi connectivity index (χ0) is 19.0. The summed E-state index contributed by atoms with van der Waals surface area (Å²) in [5.41, 5.74) is 1.92. The van der Waals surface area contributed by atoms with Crippen LogP contribution in [-0.4, -0.2) is 33.4 Å². The second kappa shape index (κ2) is 6.83. The molecule has 0 N–H and O–H groups in total. The molecule has 0 spiro atoms. The molecule has 0 saturated carbocycles. The highest BCUT2D eigenvalue weighted by molar-refractivity contribution is 5.92. The number of ether oxygens (including phenoxy) is 4. The molecule has 3 aromatic carbocycles. The third-order valence-electron chi connectivity index (χ3n) is 5.01. The average molecular weight is 364 g/mol. The molecule has 3 aromatic rings. The topological polar surface area (TPSA) is 54.0 Å². The van der Waals surface area contributed by atoms with Crippen LogP contribution in [-0.2, 0) is 9.53 Å². The van der Waals surface area contributed by atoms with Crippen molar-refractivity contribution in [3.8, 4) is 17.2 Å². The summed E-state index contributed by atoms with van der Waals surface area (Å²) in [6, 6.07) is 17.5. The number of carbonyl (C=O) groups excluding carboxylic acids is 1. The van der Waals surface area contributed by atoms with Crippen molar-refractivity contribution in [2.45, 2.75) is 12.0 Å². The van der Waals surface area contributed by atoms with Crippen LogP contribution in [0.15, 0.2) is 54.6 Å². The van der Waals surface area contributed by atoms with E-state index in [0.29, 0.717) is 5.75 Å². The van der Waals surface area contributed by atoms with E-state index < -0.39 is 12.1 Å². The van der Waals surface area contributed by atoms with Gasteiger partial charge in [-0.05, 0) is 46.7 Å². The van der Waals surface area contributed by atoms with Gasteiger partial charge in [0, 0.05) is 5.56 Å². The molecule has 0 saturated heterocycles. The van der Waals surface area contributed by atoms with Gasteiger partial charge in [-0.1, -0.05) is 24.3 Å². The van der Waals surface area contributed by atoms with E-state index >= 15 is 0 Å². The first-order valence-corrected chi connectivity index (χ1v) is 8.65. The van der Waals surface area contributed by atoms with Gasteiger partial charge >= 0.3 is 5.97 Å². The molecule has 138 valence electrons. The first kappa shape index (κ1) is 17.2. The van der Waals surface area contributed by atoms with Gasteiger partial charge in [-0.3, -0.25) is 0 Å². The van der Waals surface area contributed by atoms with Gasteiger partial charge in [-0.15, -0.1) is 0 Å². The predicted octanol–water partition coefficient (Wildman–Crippen LogP) is 3.92. The summed E-state index contributed by atoms with van der Waals surface area (Å²) in [4.78, 5) is 12.5. The van der Waals surface area contributed by atoms with Crippen molar-refractivity contribution >= 4 is 16.7 Å². The summed E-state index contributed by atoms with van der Waals surface area (Å²) >= 11 is 0. The number of methoxy groups -OCH3 is 3. The Morgan fingerprint density at radius 3 is 2.22 bits per heavy atom. The third-order valence-corrected chi connectivity index (χ3v) is 5.01. The van der Waals surface area contributed by atoms with Gasteiger partial charge in [-0.2, -0.15) is 0 Å². The highest BCUT2D eigenvalue weighted by Crippen LogP contribution is 2.47. The lowest BCUT2D eigenvalue weighted by atomic mass is 9.85. The molecule has 0 aromatic heterocycles. The molecule has 27 heavy (non-hydrogen) atoms.